The zero-order chi connectivity index (χ0) is 17.5. The number of benzene rings is 1. The van der Waals surface area contributed by atoms with Crippen LogP contribution in [0.1, 0.15) is 30.7 Å². The van der Waals surface area contributed by atoms with E-state index in [2.05, 4.69) is 4.98 Å². The Balaban J connectivity index is 0.00000127. The molecule has 0 amide bonds. The van der Waals surface area contributed by atoms with Crippen molar-refractivity contribution in [2.45, 2.75) is 33.0 Å². The van der Waals surface area contributed by atoms with Crippen molar-refractivity contribution in [3.05, 3.63) is 58.4 Å². The smallest absolute Gasteiger partial charge is 0.133 e. The van der Waals surface area contributed by atoms with E-state index in [1.165, 1.54) is 0 Å². The fourth-order valence-corrected chi connectivity index (χ4v) is 2.52. The van der Waals surface area contributed by atoms with Gasteiger partial charge in [-0.05, 0) is 26.3 Å². The zero-order valence-electron chi connectivity index (χ0n) is 14.3. The molecule has 0 unspecified atom stereocenters. The molecule has 1 aromatic heterocycles. The Morgan fingerprint density at radius 1 is 1.17 bits per heavy atom. The normalized spacial score (nSPS) is 10.7. The number of aryl methyl sites for hydroxylation is 1. The lowest BCUT2D eigenvalue weighted by Gasteiger charge is -2.27. The fraction of sp³-hybridized carbons (Fsp3) is 0.389. The van der Waals surface area contributed by atoms with E-state index in [0.29, 0.717) is 17.5 Å². The maximum Gasteiger partial charge on any atom is 0.133 e. The van der Waals surface area contributed by atoms with Crippen molar-refractivity contribution < 1.29 is 14.6 Å². The molecular formula is C18H24ClNO3. The van der Waals surface area contributed by atoms with E-state index in [4.69, 9.17) is 26.2 Å². The minimum atomic E-state index is -0.492. The molecule has 23 heavy (non-hydrogen) atoms. The van der Waals surface area contributed by atoms with Crippen LogP contribution in [-0.2, 0) is 16.9 Å². The Morgan fingerprint density at radius 2 is 1.78 bits per heavy atom. The van der Waals surface area contributed by atoms with E-state index in [0.717, 1.165) is 23.9 Å². The van der Waals surface area contributed by atoms with E-state index in [1.807, 2.05) is 51.1 Å². The molecule has 0 aliphatic heterocycles. The highest BCUT2D eigenvalue weighted by Gasteiger charge is 2.27. The lowest BCUT2D eigenvalue weighted by atomic mass is 9.95. The minimum Gasteiger partial charge on any atom is -0.488 e. The number of rotatable bonds is 5. The third kappa shape index (κ3) is 5.20. The number of aliphatic hydroxyl groups is 1. The van der Waals surface area contributed by atoms with E-state index in [9.17, 15) is 0 Å². The first kappa shape index (κ1) is 19.4. The van der Waals surface area contributed by atoms with Crippen LogP contribution in [0.5, 0.6) is 5.75 Å². The van der Waals surface area contributed by atoms with Gasteiger partial charge in [0, 0.05) is 31.5 Å². The standard InChI is InChI=1S/C17H20ClNO2.CH4O/c1-12-16(17(2,3)20-4)14(10-15(18)19-12)21-11-13-8-6-5-7-9-13;1-2/h5-10H,11H2,1-4H3;2H,1H3. The first-order chi connectivity index (χ1) is 10.9. The third-order valence-electron chi connectivity index (χ3n) is 3.48. The van der Waals surface area contributed by atoms with Crippen LogP contribution >= 0.6 is 11.6 Å². The molecule has 0 aliphatic carbocycles. The Hall–Kier alpha value is -1.62. The van der Waals surface area contributed by atoms with Gasteiger partial charge in [0.2, 0.25) is 0 Å². The topological polar surface area (TPSA) is 51.6 Å². The molecular weight excluding hydrogens is 314 g/mol. The SMILES string of the molecule is CO.COC(C)(C)c1c(OCc2ccccc2)cc(Cl)nc1C. The quantitative estimate of drug-likeness (QED) is 0.834. The number of pyridine rings is 1. The van der Waals surface area contributed by atoms with Crippen LogP contribution in [0.3, 0.4) is 0 Å². The predicted octanol–water partition coefficient (Wildman–Crippen LogP) is 4.11. The van der Waals surface area contributed by atoms with Gasteiger partial charge in [0.25, 0.3) is 0 Å². The summed E-state index contributed by atoms with van der Waals surface area (Å²) < 4.78 is 11.5. The highest BCUT2D eigenvalue weighted by Crippen LogP contribution is 2.36. The second-order valence-corrected chi connectivity index (χ2v) is 5.78. The molecule has 0 saturated carbocycles. The lowest BCUT2D eigenvalue weighted by molar-refractivity contribution is 0.0157. The summed E-state index contributed by atoms with van der Waals surface area (Å²) in [6.45, 7) is 6.37. The van der Waals surface area contributed by atoms with Crippen molar-refractivity contribution in [3.63, 3.8) is 0 Å². The Labute approximate surface area is 143 Å². The van der Waals surface area contributed by atoms with Crippen LogP contribution in [0.25, 0.3) is 0 Å². The zero-order valence-corrected chi connectivity index (χ0v) is 15.0. The largest absolute Gasteiger partial charge is 0.488 e. The van der Waals surface area contributed by atoms with Gasteiger partial charge in [-0.25, -0.2) is 4.98 Å². The second-order valence-electron chi connectivity index (χ2n) is 5.39. The third-order valence-corrected chi connectivity index (χ3v) is 3.68. The van der Waals surface area contributed by atoms with Gasteiger partial charge < -0.3 is 14.6 Å². The molecule has 2 aromatic rings. The number of aliphatic hydroxyl groups excluding tert-OH is 1. The average molecular weight is 338 g/mol. The van der Waals surface area contributed by atoms with Crippen molar-refractivity contribution in [2.75, 3.05) is 14.2 Å². The van der Waals surface area contributed by atoms with E-state index in [1.54, 1.807) is 13.2 Å². The minimum absolute atomic E-state index is 0.422. The molecule has 0 radical (unpaired) electrons. The summed E-state index contributed by atoms with van der Waals surface area (Å²) in [5, 5.41) is 7.42. The molecule has 0 saturated heterocycles. The van der Waals surface area contributed by atoms with Gasteiger partial charge in [-0.3, -0.25) is 0 Å². The molecule has 0 bridgehead atoms. The summed E-state index contributed by atoms with van der Waals surface area (Å²) in [5.74, 6) is 0.711. The summed E-state index contributed by atoms with van der Waals surface area (Å²) in [6, 6.07) is 11.8. The molecule has 126 valence electrons. The van der Waals surface area contributed by atoms with Crippen molar-refractivity contribution in [3.8, 4) is 5.75 Å². The number of methoxy groups -OCH3 is 1. The van der Waals surface area contributed by atoms with E-state index < -0.39 is 5.60 Å². The van der Waals surface area contributed by atoms with Gasteiger partial charge in [-0.15, -0.1) is 0 Å². The van der Waals surface area contributed by atoms with Crippen molar-refractivity contribution in [1.29, 1.82) is 0 Å². The van der Waals surface area contributed by atoms with Crippen molar-refractivity contribution in [2.24, 2.45) is 0 Å². The maximum atomic E-state index is 7.00. The average Bonchev–Trinajstić information content (AvgIpc) is 2.55. The molecule has 0 spiro atoms. The molecule has 2 rings (SSSR count). The van der Waals surface area contributed by atoms with Crippen LogP contribution in [-0.4, -0.2) is 24.3 Å². The van der Waals surface area contributed by atoms with Crippen molar-refractivity contribution in [1.82, 2.24) is 4.98 Å². The van der Waals surface area contributed by atoms with Crippen LogP contribution in [0.2, 0.25) is 5.15 Å². The van der Waals surface area contributed by atoms with Gasteiger partial charge in [-0.2, -0.15) is 0 Å². The number of ether oxygens (including phenoxy) is 2. The molecule has 0 atom stereocenters. The number of hydrogen-bond donors (Lipinski definition) is 1. The predicted molar refractivity (Wildman–Crippen MR) is 92.9 cm³/mol. The molecule has 1 N–H and O–H groups in total. The highest BCUT2D eigenvalue weighted by atomic mass is 35.5. The first-order valence-electron chi connectivity index (χ1n) is 7.28. The Morgan fingerprint density at radius 3 is 2.35 bits per heavy atom. The number of hydrogen-bond acceptors (Lipinski definition) is 4. The van der Waals surface area contributed by atoms with Crippen LogP contribution in [0.15, 0.2) is 36.4 Å². The van der Waals surface area contributed by atoms with E-state index >= 15 is 0 Å². The Kier molecular flexibility index (Phi) is 7.49. The number of halogens is 1. The lowest BCUT2D eigenvalue weighted by Crippen LogP contribution is -2.23. The van der Waals surface area contributed by atoms with Crippen LogP contribution < -0.4 is 4.74 Å². The molecule has 1 heterocycles. The number of aromatic nitrogens is 1. The van der Waals surface area contributed by atoms with Crippen molar-refractivity contribution >= 4 is 11.6 Å². The van der Waals surface area contributed by atoms with Crippen LogP contribution in [0.4, 0.5) is 0 Å². The highest BCUT2D eigenvalue weighted by molar-refractivity contribution is 6.29. The summed E-state index contributed by atoms with van der Waals surface area (Å²) >= 11 is 6.07. The first-order valence-corrected chi connectivity index (χ1v) is 7.66. The summed E-state index contributed by atoms with van der Waals surface area (Å²) in [6.07, 6.45) is 0. The summed E-state index contributed by atoms with van der Waals surface area (Å²) in [7, 11) is 2.68. The van der Waals surface area contributed by atoms with Gasteiger partial charge in [0.05, 0.1) is 5.60 Å². The fourth-order valence-electron chi connectivity index (χ4n) is 2.29. The molecule has 4 nitrogen and oxygen atoms in total. The van der Waals surface area contributed by atoms with Gasteiger partial charge in [-0.1, -0.05) is 41.9 Å². The van der Waals surface area contributed by atoms with Gasteiger partial charge in [0.1, 0.15) is 17.5 Å². The summed E-state index contributed by atoms with van der Waals surface area (Å²) in [5.41, 5.74) is 2.35. The maximum absolute atomic E-state index is 7.00. The number of nitrogens with zero attached hydrogens (tertiary/aromatic N) is 1. The van der Waals surface area contributed by atoms with Gasteiger partial charge >= 0.3 is 0 Å². The van der Waals surface area contributed by atoms with Gasteiger partial charge in [0.15, 0.2) is 0 Å². The van der Waals surface area contributed by atoms with E-state index in [-0.39, 0.29) is 0 Å². The van der Waals surface area contributed by atoms with Crippen LogP contribution in [0, 0.1) is 6.92 Å². The molecule has 1 aromatic carbocycles. The Bertz CT molecular complexity index is 615. The molecule has 0 fully saturated rings. The summed E-state index contributed by atoms with van der Waals surface area (Å²) in [4.78, 5) is 4.31. The molecule has 5 heteroatoms. The molecule has 0 aliphatic rings. The second kappa shape index (κ2) is 8.87. The monoisotopic (exact) mass is 337 g/mol.